The van der Waals surface area contributed by atoms with Gasteiger partial charge in [0.2, 0.25) is 0 Å². The van der Waals surface area contributed by atoms with Gasteiger partial charge in [-0.1, -0.05) is 13.8 Å². The zero-order valence-corrected chi connectivity index (χ0v) is 18.0. The summed E-state index contributed by atoms with van der Waals surface area (Å²) in [5.41, 5.74) is 2.55. The first-order valence-corrected chi connectivity index (χ1v) is 11.0. The number of benzene rings is 1. The Kier molecular flexibility index (Phi) is 5.72. The highest BCUT2D eigenvalue weighted by Gasteiger charge is 2.18. The number of aliphatic hydroxyl groups excluding tert-OH is 1. The van der Waals surface area contributed by atoms with Crippen LogP contribution in [-0.2, 0) is 0 Å². The minimum absolute atomic E-state index is 0.0913. The van der Waals surface area contributed by atoms with Crippen LogP contribution in [0.15, 0.2) is 41.5 Å². The van der Waals surface area contributed by atoms with Crippen LogP contribution in [0.3, 0.4) is 0 Å². The molecule has 1 unspecified atom stereocenters. The highest BCUT2D eigenvalue weighted by molar-refractivity contribution is 7.19. The largest absolute Gasteiger partial charge is 0.387 e. The van der Waals surface area contributed by atoms with Gasteiger partial charge < -0.3 is 14.9 Å². The zero-order valence-electron chi connectivity index (χ0n) is 17.2. The number of aromatic nitrogens is 2. The number of hydrogen-bond donors (Lipinski definition) is 1. The maximum atomic E-state index is 13.0. The number of likely N-dealkylation sites (N-methyl/N-ethyl adjacent to an activating group) is 1. The molecule has 0 radical (unpaired) electrons. The molecule has 0 aliphatic carbocycles. The molecular weight excluding hydrogens is 384 g/mol. The third-order valence-corrected chi connectivity index (χ3v) is 6.78. The molecule has 1 saturated heterocycles. The SMILES string of the molecule is CC(C)C(O)c1cc2ncn(-c3ccc(N4CCCN(C)CC4)cc3)c(=O)c2s1. The molecule has 1 aliphatic heterocycles. The molecule has 0 spiro atoms. The molecule has 0 bridgehead atoms. The Labute approximate surface area is 175 Å². The molecule has 3 heterocycles. The molecule has 7 heteroatoms. The third kappa shape index (κ3) is 4.08. The quantitative estimate of drug-likeness (QED) is 0.713. The lowest BCUT2D eigenvalue weighted by Crippen LogP contribution is -2.28. The highest BCUT2D eigenvalue weighted by Crippen LogP contribution is 2.30. The fraction of sp³-hybridized carbons (Fsp3) is 0.455. The number of thiophene rings is 1. The van der Waals surface area contributed by atoms with Crippen LogP contribution in [0.1, 0.15) is 31.2 Å². The van der Waals surface area contributed by atoms with Crippen LogP contribution >= 0.6 is 11.3 Å². The highest BCUT2D eigenvalue weighted by atomic mass is 32.1. The first kappa shape index (κ1) is 20.1. The van der Waals surface area contributed by atoms with E-state index in [0.29, 0.717) is 10.2 Å². The first-order valence-electron chi connectivity index (χ1n) is 10.2. The van der Waals surface area contributed by atoms with Gasteiger partial charge in [0.25, 0.3) is 5.56 Å². The van der Waals surface area contributed by atoms with E-state index < -0.39 is 6.10 Å². The molecule has 1 fully saturated rings. The summed E-state index contributed by atoms with van der Waals surface area (Å²) < 4.78 is 2.17. The number of rotatable bonds is 4. The molecule has 1 aromatic carbocycles. The van der Waals surface area contributed by atoms with Crippen molar-refractivity contribution in [3.8, 4) is 5.69 Å². The number of aliphatic hydroxyl groups is 1. The van der Waals surface area contributed by atoms with Crippen molar-refractivity contribution in [1.82, 2.24) is 14.5 Å². The van der Waals surface area contributed by atoms with Crippen molar-refractivity contribution in [2.45, 2.75) is 26.4 Å². The van der Waals surface area contributed by atoms with E-state index in [4.69, 9.17) is 0 Å². The van der Waals surface area contributed by atoms with Crippen molar-refractivity contribution in [2.24, 2.45) is 5.92 Å². The average molecular weight is 413 g/mol. The molecule has 154 valence electrons. The Morgan fingerprint density at radius 3 is 2.52 bits per heavy atom. The topological polar surface area (TPSA) is 61.6 Å². The van der Waals surface area contributed by atoms with Crippen molar-refractivity contribution in [3.05, 3.63) is 51.9 Å². The molecule has 0 saturated carbocycles. The smallest absolute Gasteiger partial charge is 0.275 e. The van der Waals surface area contributed by atoms with Crippen LogP contribution in [0, 0.1) is 5.92 Å². The van der Waals surface area contributed by atoms with Crippen molar-refractivity contribution < 1.29 is 5.11 Å². The minimum atomic E-state index is -0.575. The molecule has 2 aromatic heterocycles. The van der Waals surface area contributed by atoms with Crippen molar-refractivity contribution in [3.63, 3.8) is 0 Å². The molecule has 4 rings (SSSR count). The van der Waals surface area contributed by atoms with Gasteiger partial charge in [0.15, 0.2) is 0 Å². The van der Waals surface area contributed by atoms with Gasteiger partial charge in [-0.2, -0.15) is 0 Å². The predicted octanol–water partition coefficient (Wildman–Crippen LogP) is 3.28. The van der Waals surface area contributed by atoms with Crippen LogP contribution in [0.4, 0.5) is 5.69 Å². The fourth-order valence-electron chi connectivity index (χ4n) is 3.72. The molecule has 0 amide bonds. The van der Waals surface area contributed by atoms with Gasteiger partial charge in [-0.15, -0.1) is 11.3 Å². The van der Waals surface area contributed by atoms with E-state index in [9.17, 15) is 9.90 Å². The number of nitrogens with zero attached hydrogens (tertiary/aromatic N) is 4. The summed E-state index contributed by atoms with van der Waals surface area (Å²) in [7, 11) is 2.16. The second kappa shape index (κ2) is 8.26. The Hall–Kier alpha value is -2.22. The Morgan fingerprint density at radius 1 is 1.07 bits per heavy atom. The monoisotopic (exact) mass is 412 g/mol. The molecule has 3 aromatic rings. The normalized spacial score (nSPS) is 17.1. The number of anilines is 1. The summed E-state index contributed by atoms with van der Waals surface area (Å²) in [5.74, 6) is 0.0941. The summed E-state index contributed by atoms with van der Waals surface area (Å²) in [5, 5.41) is 10.3. The first-order chi connectivity index (χ1) is 13.9. The van der Waals surface area contributed by atoms with E-state index in [1.807, 2.05) is 32.0 Å². The Bertz CT molecular complexity index is 1040. The van der Waals surface area contributed by atoms with E-state index in [1.54, 1.807) is 10.9 Å². The Morgan fingerprint density at radius 2 is 1.79 bits per heavy atom. The van der Waals surface area contributed by atoms with Crippen molar-refractivity contribution in [1.29, 1.82) is 0 Å². The van der Waals surface area contributed by atoms with Gasteiger partial charge in [0.05, 0.1) is 17.3 Å². The van der Waals surface area contributed by atoms with E-state index in [2.05, 4.69) is 34.0 Å². The van der Waals surface area contributed by atoms with Gasteiger partial charge in [0, 0.05) is 30.2 Å². The van der Waals surface area contributed by atoms with E-state index in [0.717, 1.165) is 43.2 Å². The zero-order chi connectivity index (χ0) is 20.5. The van der Waals surface area contributed by atoms with Crippen molar-refractivity contribution >= 4 is 27.2 Å². The molecular formula is C22H28N4O2S. The van der Waals surface area contributed by atoms with Crippen LogP contribution < -0.4 is 10.5 Å². The van der Waals surface area contributed by atoms with Gasteiger partial charge in [0.1, 0.15) is 11.0 Å². The van der Waals surface area contributed by atoms with Crippen LogP contribution in [0.5, 0.6) is 0 Å². The summed E-state index contributed by atoms with van der Waals surface area (Å²) in [6.07, 6.45) is 2.16. The Balaban J connectivity index is 1.62. The summed E-state index contributed by atoms with van der Waals surface area (Å²) >= 11 is 1.34. The van der Waals surface area contributed by atoms with Gasteiger partial charge in [-0.3, -0.25) is 9.36 Å². The average Bonchev–Trinajstić information content (AvgIpc) is 3.04. The number of hydrogen-bond acceptors (Lipinski definition) is 6. The van der Waals surface area contributed by atoms with Crippen molar-refractivity contribution in [2.75, 3.05) is 38.1 Å². The lowest BCUT2D eigenvalue weighted by molar-refractivity contribution is 0.130. The van der Waals surface area contributed by atoms with E-state index in [1.165, 1.54) is 17.0 Å². The van der Waals surface area contributed by atoms with Crippen LogP contribution in [0.25, 0.3) is 15.9 Å². The fourth-order valence-corrected chi connectivity index (χ4v) is 4.92. The lowest BCUT2D eigenvalue weighted by Gasteiger charge is -2.23. The van der Waals surface area contributed by atoms with Crippen LogP contribution in [0.2, 0.25) is 0 Å². The minimum Gasteiger partial charge on any atom is -0.387 e. The van der Waals surface area contributed by atoms with Gasteiger partial charge in [-0.05, 0) is 56.3 Å². The van der Waals surface area contributed by atoms with Gasteiger partial charge in [-0.25, -0.2) is 4.98 Å². The standard InChI is InChI=1S/C22H28N4O2S/c1-15(2)20(27)19-13-18-21(29-19)22(28)26(14-23-18)17-7-5-16(6-8-17)25-10-4-9-24(3)11-12-25/h5-8,13-15,20,27H,4,9-12H2,1-3H3. The molecule has 1 atom stereocenters. The predicted molar refractivity (Wildman–Crippen MR) is 119 cm³/mol. The van der Waals surface area contributed by atoms with Crippen LogP contribution in [-0.4, -0.2) is 52.8 Å². The lowest BCUT2D eigenvalue weighted by atomic mass is 10.1. The van der Waals surface area contributed by atoms with E-state index in [-0.39, 0.29) is 11.5 Å². The summed E-state index contributed by atoms with van der Waals surface area (Å²) in [6.45, 7) is 8.18. The summed E-state index contributed by atoms with van der Waals surface area (Å²) in [6, 6.07) is 9.96. The maximum Gasteiger partial charge on any atom is 0.275 e. The second-order valence-electron chi connectivity index (χ2n) is 8.13. The maximum absolute atomic E-state index is 13.0. The number of fused-ring (bicyclic) bond motifs is 1. The molecule has 29 heavy (non-hydrogen) atoms. The van der Waals surface area contributed by atoms with Gasteiger partial charge >= 0.3 is 0 Å². The van der Waals surface area contributed by atoms with E-state index >= 15 is 0 Å². The third-order valence-electron chi connectivity index (χ3n) is 5.59. The molecule has 1 N–H and O–H groups in total. The summed E-state index contributed by atoms with van der Waals surface area (Å²) in [4.78, 5) is 23.0. The molecule has 6 nitrogen and oxygen atoms in total. The molecule has 1 aliphatic rings. The second-order valence-corrected chi connectivity index (χ2v) is 9.22.